The maximum absolute atomic E-state index is 11.2. The summed E-state index contributed by atoms with van der Waals surface area (Å²) >= 11 is 8.76. The minimum absolute atomic E-state index is 0.193. The molecule has 0 aliphatic carbocycles. The Labute approximate surface area is 149 Å². The molecule has 0 radical (unpaired) electrons. The van der Waals surface area contributed by atoms with Crippen molar-refractivity contribution in [1.29, 1.82) is 0 Å². The first kappa shape index (κ1) is 17.9. The Morgan fingerprint density at radius 2 is 2.00 bits per heavy atom. The van der Waals surface area contributed by atoms with Crippen LogP contribution < -0.4 is 0 Å². The largest absolute Gasteiger partial charge is 0.506 e. The van der Waals surface area contributed by atoms with Crippen LogP contribution in [-0.2, 0) is 14.3 Å². The topological polar surface area (TPSA) is 125 Å². The van der Waals surface area contributed by atoms with Gasteiger partial charge in [0.25, 0.3) is 0 Å². The van der Waals surface area contributed by atoms with Crippen LogP contribution in [0.2, 0.25) is 0 Å². The molecular formula is C14H15BrClNO7. The first-order valence-corrected chi connectivity index (χ1v) is 7.96. The second-order valence-corrected chi connectivity index (χ2v) is 6.46. The summed E-state index contributed by atoms with van der Waals surface area (Å²) in [6.45, 7) is -0.757. The van der Waals surface area contributed by atoms with Gasteiger partial charge in [0.2, 0.25) is 17.1 Å². The quantitative estimate of drug-likeness (QED) is 0.450. The van der Waals surface area contributed by atoms with Gasteiger partial charge < -0.3 is 34.8 Å². The van der Waals surface area contributed by atoms with E-state index in [1.54, 1.807) is 24.3 Å². The van der Waals surface area contributed by atoms with Crippen LogP contribution in [0.3, 0.4) is 0 Å². The van der Waals surface area contributed by atoms with Gasteiger partial charge in [-0.15, -0.1) is 0 Å². The average Bonchev–Trinajstić information content (AvgIpc) is 2.91. The molecule has 2 aromatic rings. The fourth-order valence-corrected chi connectivity index (χ4v) is 3.57. The highest BCUT2D eigenvalue weighted by molar-refractivity contribution is 9.06. The van der Waals surface area contributed by atoms with Crippen LogP contribution in [0, 0.1) is 0 Å². The van der Waals surface area contributed by atoms with E-state index >= 15 is 0 Å². The number of aliphatic hydroxyl groups excluding tert-OH is 2. The highest BCUT2D eigenvalue weighted by Crippen LogP contribution is 2.47. The first-order valence-electron chi connectivity index (χ1n) is 6.94. The lowest BCUT2D eigenvalue weighted by Crippen LogP contribution is -2.72. The Morgan fingerprint density at radius 3 is 2.62 bits per heavy atom. The molecule has 5 atom stereocenters. The third-order valence-electron chi connectivity index (χ3n) is 4.22. The van der Waals surface area contributed by atoms with E-state index in [2.05, 4.69) is 16.3 Å². The number of ether oxygens (including phenoxy) is 1. The predicted molar refractivity (Wildman–Crippen MR) is 86.4 cm³/mol. The lowest BCUT2D eigenvalue weighted by Gasteiger charge is -2.51. The number of hydrogen-bond acceptors (Lipinski definition) is 7. The fourth-order valence-electron chi connectivity index (χ4n) is 2.95. The zero-order valence-corrected chi connectivity index (χ0v) is 14.4. The second kappa shape index (κ2) is 6.11. The SMILES string of the molecule is OC[C@H]1O[C@H](OBr)[C@H](O)[C@](O)(n2cc(O)c3ccccc32)[C@@]1(O)Cl. The van der Waals surface area contributed by atoms with Crippen molar-refractivity contribution in [2.45, 2.75) is 29.3 Å². The number of aromatic hydroxyl groups is 1. The summed E-state index contributed by atoms with van der Waals surface area (Å²) in [5, 5.41) is 49.6. The van der Waals surface area contributed by atoms with E-state index in [0.717, 1.165) is 10.8 Å². The van der Waals surface area contributed by atoms with Gasteiger partial charge in [0, 0.05) is 11.6 Å². The standard InChI is InChI=1S/C14H15BrClNO7/c15-24-12-11(20)14(22,13(16,21)10(6-18)23-12)17-5-9(19)7-3-1-2-4-8(7)17/h1-5,10-12,18-22H,6H2/t10-,11+,12-,13-,14-/m1/s1. The van der Waals surface area contributed by atoms with E-state index in [4.69, 9.17) is 20.2 Å². The third kappa shape index (κ3) is 2.28. The maximum Gasteiger partial charge on any atom is 0.220 e. The molecule has 8 nitrogen and oxygen atoms in total. The molecule has 1 aromatic carbocycles. The maximum atomic E-state index is 11.2. The molecule has 1 aliphatic heterocycles. The summed E-state index contributed by atoms with van der Waals surface area (Å²) in [5.41, 5.74) is -2.29. The highest BCUT2D eigenvalue weighted by Gasteiger charge is 2.66. The van der Waals surface area contributed by atoms with E-state index < -0.39 is 35.9 Å². The van der Waals surface area contributed by atoms with Gasteiger partial charge in [0.05, 0.1) is 12.1 Å². The van der Waals surface area contributed by atoms with Crippen molar-refractivity contribution in [1.82, 2.24) is 4.57 Å². The molecular weight excluding hydrogens is 410 g/mol. The van der Waals surface area contributed by atoms with Crippen molar-refractivity contribution in [2.24, 2.45) is 0 Å². The molecule has 0 spiro atoms. The predicted octanol–water partition coefficient (Wildman–Crippen LogP) is 0.324. The number of nitrogens with zero attached hydrogens (tertiary/aromatic N) is 1. The van der Waals surface area contributed by atoms with Crippen LogP contribution >= 0.6 is 27.9 Å². The van der Waals surface area contributed by atoms with Gasteiger partial charge in [-0.05, 0) is 12.1 Å². The Hall–Kier alpha value is -0.910. The molecule has 24 heavy (non-hydrogen) atoms. The van der Waals surface area contributed by atoms with Crippen LogP contribution in [0.4, 0.5) is 0 Å². The molecule has 132 valence electrons. The molecule has 0 bridgehead atoms. The van der Waals surface area contributed by atoms with Crippen molar-refractivity contribution in [3.63, 3.8) is 0 Å². The Kier molecular flexibility index (Phi) is 4.56. The van der Waals surface area contributed by atoms with Crippen LogP contribution in [0.1, 0.15) is 0 Å². The lowest BCUT2D eigenvalue weighted by molar-refractivity contribution is -0.351. The first-order chi connectivity index (χ1) is 11.3. The summed E-state index contributed by atoms with van der Waals surface area (Å²) in [7, 11) is 0. The Balaban J connectivity index is 2.27. The molecule has 3 rings (SSSR count). The lowest BCUT2D eigenvalue weighted by atomic mass is 9.90. The molecule has 0 unspecified atom stereocenters. The molecule has 0 saturated carbocycles. The Bertz CT molecular complexity index is 754. The summed E-state index contributed by atoms with van der Waals surface area (Å²) in [4.78, 5) is 0. The zero-order valence-electron chi connectivity index (χ0n) is 12.1. The molecule has 1 fully saturated rings. The van der Waals surface area contributed by atoms with Gasteiger partial charge in [0.1, 0.15) is 28.1 Å². The number of rotatable bonds is 3. The smallest absolute Gasteiger partial charge is 0.220 e. The molecule has 10 heteroatoms. The zero-order chi connectivity index (χ0) is 17.7. The van der Waals surface area contributed by atoms with Crippen molar-refractivity contribution in [2.75, 3.05) is 6.61 Å². The summed E-state index contributed by atoms with van der Waals surface area (Å²) < 4.78 is 11.0. The van der Waals surface area contributed by atoms with Crippen molar-refractivity contribution < 1.29 is 34.1 Å². The van der Waals surface area contributed by atoms with Gasteiger partial charge in [-0.25, -0.2) is 0 Å². The van der Waals surface area contributed by atoms with Crippen LogP contribution in [-0.4, -0.2) is 60.3 Å². The highest BCUT2D eigenvalue weighted by atomic mass is 79.9. The van der Waals surface area contributed by atoms with Gasteiger partial charge in [-0.3, -0.25) is 3.83 Å². The molecule has 5 N–H and O–H groups in total. The summed E-state index contributed by atoms with van der Waals surface area (Å²) in [6, 6.07) is 6.46. The van der Waals surface area contributed by atoms with Gasteiger partial charge in [-0.1, -0.05) is 23.7 Å². The Morgan fingerprint density at radius 1 is 1.33 bits per heavy atom. The van der Waals surface area contributed by atoms with Crippen LogP contribution in [0.15, 0.2) is 30.5 Å². The summed E-state index contributed by atoms with van der Waals surface area (Å²) in [5.74, 6) is -0.193. The molecule has 1 aliphatic rings. The minimum Gasteiger partial charge on any atom is -0.506 e. The molecule has 1 saturated heterocycles. The van der Waals surface area contributed by atoms with E-state index in [9.17, 15) is 25.5 Å². The van der Waals surface area contributed by atoms with E-state index in [1.165, 1.54) is 0 Å². The molecule has 1 aromatic heterocycles. The van der Waals surface area contributed by atoms with Crippen LogP contribution in [0.5, 0.6) is 5.75 Å². The fraction of sp³-hybridized carbons (Fsp3) is 0.429. The number of aliphatic hydroxyl groups is 4. The van der Waals surface area contributed by atoms with Crippen molar-refractivity contribution in [3.8, 4) is 5.75 Å². The number of hydrogen-bond donors (Lipinski definition) is 5. The van der Waals surface area contributed by atoms with Crippen LogP contribution in [0.25, 0.3) is 10.9 Å². The number of aromatic nitrogens is 1. The van der Waals surface area contributed by atoms with Gasteiger partial charge in [0.15, 0.2) is 6.10 Å². The number of para-hydroxylation sites is 1. The second-order valence-electron chi connectivity index (χ2n) is 5.51. The van der Waals surface area contributed by atoms with Gasteiger partial charge in [-0.2, -0.15) is 0 Å². The van der Waals surface area contributed by atoms with Gasteiger partial charge >= 0.3 is 0 Å². The molecule has 2 heterocycles. The van der Waals surface area contributed by atoms with E-state index in [-0.39, 0.29) is 5.75 Å². The number of alkyl halides is 1. The minimum atomic E-state index is -2.63. The summed E-state index contributed by atoms with van der Waals surface area (Å²) in [6.07, 6.45) is -3.68. The van der Waals surface area contributed by atoms with E-state index in [0.29, 0.717) is 10.9 Å². The number of halogens is 2. The number of fused-ring (bicyclic) bond motifs is 1. The van der Waals surface area contributed by atoms with E-state index in [1.807, 2.05) is 0 Å². The monoisotopic (exact) mass is 423 g/mol. The average molecular weight is 425 g/mol. The van der Waals surface area contributed by atoms with Crippen molar-refractivity contribution in [3.05, 3.63) is 30.5 Å². The number of benzene rings is 1. The van der Waals surface area contributed by atoms with Crippen molar-refractivity contribution >= 4 is 38.8 Å². The third-order valence-corrected chi connectivity index (χ3v) is 5.11. The molecule has 0 amide bonds. The normalized spacial score (nSPS) is 37.0.